The zero-order valence-electron chi connectivity index (χ0n) is 43.3. The van der Waals surface area contributed by atoms with Crippen LogP contribution in [-0.4, -0.2) is 172 Å². The van der Waals surface area contributed by atoms with E-state index in [4.69, 9.17) is 38.2 Å². The van der Waals surface area contributed by atoms with Gasteiger partial charge >= 0.3 is 12.1 Å². The highest BCUT2D eigenvalue weighted by Crippen LogP contribution is 2.26. The van der Waals surface area contributed by atoms with Crippen molar-refractivity contribution >= 4 is 98.5 Å². The molecule has 0 aromatic heterocycles. The van der Waals surface area contributed by atoms with Crippen molar-refractivity contribution in [3.63, 3.8) is 0 Å². The van der Waals surface area contributed by atoms with Crippen LogP contribution in [0.15, 0.2) is 54.6 Å². The Morgan fingerprint density at radius 1 is 0.741 bits per heavy atom. The van der Waals surface area contributed by atoms with Crippen LogP contribution in [-0.2, 0) is 70.4 Å². The first-order valence-corrected chi connectivity index (χ1v) is 27.3. The van der Waals surface area contributed by atoms with Gasteiger partial charge in [-0.05, 0) is 55.4 Å². The van der Waals surface area contributed by atoms with Gasteiger partial charge in [-0.2, -0.15) is 13.2 Å². The van der Waals surface area contributed by atoms with Crippen molar-refractivity contribution in [1.29, 1.82) is 5.41 Å². The van der Waals surface area contributed by atoms with Gasteiger partial charge in [0.15, 0.2) is 5.96 Å². The predicted octanol–water partition coefficient (Wildman–Crippen LogP) is -3.50. The van der Waals surface area contributed by atoms with Crippen LogP contribution in [0.2, 0.25) is 0 Å². The van der Waals surface area contributed by atoms with E-state index in [1.54, 1.807) is 42.5 Å². The van der Waals surface area contributed by atoms with Gasteiger partial charge in [-0.15, -0.1) is 0 Å². The van der Waals surface area contributed by atoms with Gasteiger partial charge in [0.2, 0.25) is 65.0 Å². The molecular formula is C48H65F3N14O14S2. The minimum Gasteiger partial charge on any atom is -0.508 e. The number of benzene rings is 2. The van der Waals surface area contributed by atoms with Gasteiger partial charge in [0.05, 0.1) is 13.0 Å². The lowest BCUT2D eigenvalue weighted by Gasteiger charge is -2.31. The molecule has 2 saturated heterocycles. The number of hydrogen-bond donors (Lipinski definition) is 15. The molecule has 444 valence electrons. The highest BCUT2D eigenvalue weighted by molar-refractivity contribution is 8.76. The van der Waals surface area contributed by atoms with Crippen molar-refractivity contribution in [2.24, 2.45) is 22.9 Å². The molecule has 2 heterocycles. The molecule has 0 spiro atoms. The average molecular weight is 1180 g/mol. The van der Waals surface area contributed by atoms with Crippen molar-refractivity contribution in [3.8, 4) is 5.75 Å². The summed E-state index contributed by atoms with van der Waals surface area (Å²) in [6, 6.07) is 4.50. The van der Waals surface area contributed by atoms with Gasteiger partial charge in [0.25, 0.3) is 0 Å². The van der Waals surface area contributed by atoms with E-state index in [0.29, 0.717) is 17.5 Å². The fourth-order valence-corrected chi connectivity index (χ4v) is 9.95. The number of phenolic OH excluding ortho intramolecular Hbond substituents is 1. The second-order valence-corrected chi connectivity index (χ2v) is 20.8. The number of carboxylic acids is 1. The number of aromatic hydroxyl groups is 1. The van der Waals surface area contributed by atoms with E-state index in [1.807, 2.05) is 0 Å². The summed E-state index contributed by atoms with van der Waals surface area (Å²) in [5.74, 6) is -12.7. The minimum absolute atomic E-state index is 0.0163. The molecule has 2 aliphatic heterocycles. The number of rotatable bonds is 19. The number of amides is 11. The number of nitrogens with zero attached hydrogens (tertiary/aromatic N) is 1. The molecule has 0 radical (unpaired) electrons. The number of halogens is 3. The number of carbonyl (C=O) groups is 12. The number of phenols is 1. The van der Waals surface area contributed by atoms with Crippen molar-refractivity contribution in [3.05, 3.63) is 65.7 Å². The maximum Gasteiger partial charge on any atom is 0.490 e. The van der Waals surface area contributed by atoms with E-state index in [9.17, 15) is 71.0 Å². The molecule has 0 bridgehead atoms. The highest BCUT2D eigenvalue weighted by atomic mass is 33.1. The Morgan fingerprint density at radius 2 is 1.31 bits per heavy atom. The van der Waals surface area contributed by atoms with Gasteiger partial charge in [0, 0.05) is 50.3 Å². The monoisotopic (exact) mass is 1180 g/mol. The number of nitrogens with one attached hydrogen (secondary N) is 9. The van der Waals surface area contributed by atoms with Crippen LogP contribution in [0.3, 0.4) is 0 Å². The third-order valence-electron chi connectivity index (χ3n) is 11.8. The first-order valence-electron chi connectivity index (χ1n) is 24.8. The Bertz CT molecular complexity index is 2590. The number of guanidine groups is 1. The SMILES string of the molecule is N=C(N)NCCC[C@H](NC(=O)[C@@H]1CCCN1C(=O)[C@@H]1CSSCCC(=O)N[C@@H](Cc2ccc(O)cc2)C(=O)N[C@@H](Cc2ccccc2)C(=O)N[C@@H](CCC(N)=O)C(=O)N[C@@H](CC(N)=O)C(=O)N1)C(=O)NCC(N)=O.O=C(O)C(F)(F)F. The minimum atomic E-state index is -5.08. The number of alkyl halides is 3. The second-order valence-electron chi connectivity index (χ2n) is 18.2. The number of likely N-dealkylation sites (tertiary alicyclic amines) is 1. The molecule has 33 heteroatoms. The molecule has 11 amide bonds. The number of primary amides is 3. The smallest absolute Gasteiger partial charge is 0.490 e. The van der Waals surface area contributed by atoms with Gasteiger partial charge in [0.1, 0.15) is 48.0 Å². The molecule has 4 rings (SSSR count). The lowest BCUT2D eigenvalue weighted by molar-refractivity contribution is -0.192. The average Bonchev–Trinajstić information content (AvgIpc) is 3.93. The van der Waals surface area contributed by atoms with Gasteiger partial charge in [-0.3, -0.25) is 58.1 Å². The van der Waals surface area contributed by atoms with Crippen LogP contribution in [0.4, 0.5) is 13.2 Å². The van der Waals surface area contributed by atoms with Crippen molar-refractivity contribution in [2.45, 2.75) is 113 Å². The Kier molecular flexibility index (Phi) is 27.5. The van der Waals surface area contributed by atoms with E-state index in [-0.39, 0.29) is 74.8 Å². The number of aliphatic carboxylic acids is 1. The molecule has 2 aliphatic rings. The summed E-state index contributed by atoms with van der Waals surface area (Å²) in [4.78, 5) is 158. The third-order valence-corrected chi connectivity index (χ3v) is 14.2. The molecule has 2 aromatic carbocycles. The molecular weight excluding hydrogens is 1120 g/mol. The lowest BCUT2D eigenvalue weighted by Crippen LogP contribution is -2.61. The van der Waals surface area contributed by atoms with Crippen LogP contribution in [0, 0.1) is 5.41 Å². The Hall–Kier alpha value is -8.36. The standard InChI is InChI=1S/C46H64N14O12S2.C2HF3O2/c47-35(62)15-14-29-40(67)58-32(22-36(48)63)43(70)59-33(45(72)60-18-5-9-34(60)44(71)56-28(8-4-17-52-46(50)51)39(66)53-23-37(49)64)24-74-73-19-16-38(65)54-30(21-26-10-12-27(61)13-11-26)41(68)57-31(42(69)55-29)20-25-6-2-1-3-7-25;3-2(4,5)1(6)7/h1-3,6-7,10-13,28-34,61H,4-5,8-9,14-24H2,(H2,47,62)(H2,48,63)(H2,49,64)(H,53,66)(H,54,65)(H,55,69)(H,56,71)(H,57,68)(H,58,67)(H,59,70)(H4,50,51,52);(H,6,7)/t28-,29-,30-,31-,32-,33-,34-;/m0./s1. The molecule has 7 atom stereocenters. The number of nitrogens with two attached hydrogens (primary N) is 4. The Balaban J connectivity index is 0.00000230. The van der Waals surface area contributed by atoms with Crippen molar-refractivity contribution < 1.29 is 80.9 Å². The predicted molar refractivity (Wildman–Crippen MR) is 285 cm³/mol. The molecule has 81 heavy (non-hydrogen) atoms. The fourth-order valence-electron chi connectivity index (χ4n) is 7.81. The summed E-state index contributed by atoms with van der Waals surface area (Å²) in [6.07, 6.45) is -6.41. The summed E-state index contributed by atoms with van der Waals surface area (Å²) in [6.45, 7) is -0.343. The first kappa shape index (κ1) is 66.9. The number of hydrogen-bond acceptors (Lipinski definition) is 16. The maximum absolute atomic E-state index is 14.6. The summed E-state index contributed by atoms with van der Waals surface area (Å²) in [5.41, 5.74) is 22.7. The summed E-state index contributed by atoms with van der Waals surface area (Å²) >= 11 is 0. The molecule has 19 N–H and O–H groups in total. The van der Waals surface area contributed by atoms with Gasteiger partial charge in [-0.1, -0.05) is 64.1 Å². The lowest BCUT2D eigenvalue weighted by atomic mass is 10.0. The molecule has 0 unspecified atom stereocenters. The highest BCUT2D eigenvalue weighted by Gasteiger charge is 2.41. The zero-order chi connectivity index (χ0) is 60.4. The summed E-state index contributed by atoms with van der Waals surface area (Å²) < 4.78 is 31.7. The molecule has 0 aliphatic carbocycles. The van der Waals surface area contributed by atoms with Gasteiger partial charge in [-0.25, -0.2) is 4.79 Å². The fraction of sp³-hybridized carbons (Fsp3) is 0.479. The summed E-state index contributed by atoms with van der Waals surface area (Å²) in [5, 5.41) is 44.9. The quantitative estimate of drug-likeness (QED) is 0.0281. The number of carboxylic acid groups (broad SMARTS) is 1. The molecule has 2 fully saturated rings. The molecule has 0 saturated carbocycles. The van der Waals surface area contributed by atoms with E-state index < -0.39 is 145 Å². The van der Waals surface area contributed by atoms with E-state index in [2.05, 4.69) is 42.5 Å². The van der Waals surface area contributed by atoms with Crippen LogP contribution < -0.4 is 65.5 Å². The zero-order valence-corrected chi connectivity index (χ0v) is 45.0. The topological polar surface area (TPSA) is 473 Å². The van der Waals surface area contributed by atoms with Crippen LogP contribution >= 0.6 is 21.6 Å². The van der Waals surface area contributed by atoms with Crippen LogP contribution in [0.5, 0.6) is 5.75 Å². The van der Waals surface area contributed by atoms with Crippen LogP contribution in [0.1, 0.15) is 62.5 Å². The first-order chi connectivity index (χ1) is 38.1. The van der Waals surface area contributed by atoms with E-state index >= 15 is 0 Å². The second kappa shape index (κ2) is 33.3. The van der Waals surface area contributed by atoms with Gasteiger partial charge < -0.3 is 80.6 Å². The van der Waals surface area contributed by atoms with Crippen LogP contribution in [0.25, 0.3) is 0 Å². The Morgan fingerprint density at radius 3 is 1.89 bits per heavy atom. The molecule has 28 nitrogen and oxygen atoms in total. The van der Waals surface area contributed by atoms with E-state index in [0.717, 1.165) is 21.6 Å². The normalized spacial score (nSPS) is 20.8. The molecule has 2 aromatic rings. The van der Waals surface area contributed by atoms with E-state index in [1.165, 1.54) is 17.0 Å². The maximum atomic E-state index is 14.6. The summed E-state index contributed by atoms with van der Waals surface area (Å²) in [7, 11) is 2.18. The van der Waals surface area contributed by atoms with Crippen molar-refractivity contribution in [2.75, 3.05) is 31.1 Å². The number of carbonyl (C=O) groups excluding carboxylic acids is 11. The Labute approximate surface area is 468 Å². The largest absolute Gasteiger partial charge is 0.508 e. The van der Waals surface area contributed by atoms with Crippen molar-refractivity contribution in [1.82, 2.24) is 47.4 Å². The third kappa shape index (κ3) is 24.7.